The highest BCUT2D eigenvalue weighted by Crippen LogP contribution is 2.25. The molecular formula is C15H24N2O2. The molecule has 0 aromatic heterocycles. The summed E-state index contributed by atoms with van der Waals surface area (Å²) in [6.45, 7) is 5.91. The minimum absolute atomic E-state index is 0.0144. The third-order valence-corrected chi connectivity index (χ3v) is 4.46. The normalized spacial score (nSPS) is 33.2. The predicted molar refractivity (Wildman–Crippen MR) is 74.5 cm³/mol. The fourth-order valence-corrected chi connectivity index (χ4v) is 2.96. The van der Waals surface area contributed by atoms with Crippen molar-refractivity contribution in [2.45, 2.75) is 64.6 Å². The molecule has 19 heavy (non-hydrogen) atoms. The molecule has 1 fully saturated rings. The van der Waals surface area contributed by atoms with Gasteiger partial charge in [-0.2, -0.15) is 0 Å². The van der Waals surface area contributed by atoms with Gasteiger partial charge in [0.1, 0.15) is 12.1 Å². The lowest BCUT2D eigenvalue weighted by molar-refractivity contribution is -0.153. The lowest BCUT2D eigenvalue weighted by Gasteiger charge is -2.44. The van der Waals surface area contributed by atoms with Crippen molar-refractivity contribution in [3.8, 4) is 0 Å². The van der Waals surface area contributed by atoms with E-state index in [0.29, 0.717) is 0 Å². The number of hydrogen-bond acceptors (Lipinski definition) is 2. The molecule has 4 heteroatoms. The number of carbonyl (C=O) groups excluding carboxylic acids is 2. The van der Waals surface area contributed by atoms with Gasteiger partial charge in [0.2, 0.25) is 11.8 Å². The van der Waals surface area contributed by atoms with E-state index < -0.39 is 0 Å². The molecule has 4 nitrogen and oxygen atoms in total. The van der Waals surface area contributed by atoms with Crippen LogP contribution in [0.1, 0.15) is 46.5 Å². The Morgan fingerprint density at radius 3 is 2.74 bits per heavy atom. The SMILES string of the molecule is CCC(C)C1NC(=O)C(C)N(C2CC=CCC2)C1=O. The van der Waals surface area contributed by atoms with Gasteiger partial charge in [-0.1, -0.05) is 32.4 Å². The van der Waals surface area contributed by atoms with Crippen LogP contribution in [0.5, 0.6) is 0 Å². The van der Waals surface area contributed by atoms with Crippen molar-refractivity contribution in [3.05, 3.63) is 12.2 Å². The van der Waals surface area contributed by atoms with Gasteiger partial charge >= 0.3 is 0 Å². The summed E-state index contributed by atoms with van der Waals surface area (Å²) in [5.74, 6) is 0.270. The van der Waals surface area contributed by atoms with E-state index in [1.807, 2.05) is 18.7 Å². The number of hydrogen-bond donors (Lipinski definition) is 1. The van der Waals surface area contributed by atoms with E-state index in [-0.39, 0.29) is 35.9 Å². The molecule has 2 amide bonds. The van der Waals surface area contributed by atoms with Crippen molar-refractivity contribution < 1.29 is 9.59 Å². The molecule has 4 unspecified atom stereocenters. The van der Waals surface area contributed by atoms with Crippen LogP contribution in [0.25, 0.3) is 0 Å². The summed E-state index contributed by atoms with van der Waals surface area (Å²) in [7, 11) is 0. The van der Waals surface area contributed by atoms with Gasteiger partial charge in [0, 0.05) is 6.04 Å². The largest absolute Gasteiger partial charge is 0.342 e. The van der Waals surface area contributed by atoms with Gasteiger partial charge in [0.15, 0.2) is 0 Å². The zero-order valence-electron chi connectivity index (χ0n) is 12.1. The van der Waals surface area contributed by atoms with Crippen LogP contribution < -0.4 is 5.32 Å². The molecule has 1 N–H and O–H groups in total. The second-order valence-corrected chi connectivity index (χ2v) is 5.73. The molecule has 0 spiro atoms. The van der Waals surface area contributed by atoms with E-state index in [1.165, 1.54) is 0 Å². The lowest BCUT2D eigenvalue weighted by atomic mass is 9.91. The smallest absolute Gasteiger partial charge is 0.246 e. The van der Waals surface area contributed by atoms with Crippen LogP contribution in [0.3, 0.4) is 0 Å². The number of allylic oxidation sites excluding steroid dienone is 1. The summed E-state index contributed by atoms with van der Waals surface area (Å²) >= 11 is 0. The topological polar surface area (TPSA) is 49.4 Å². The van der Waals surface area contributed by atoms with Crippen LogP contribution in [-0.2, 0) is 9.59 Å². The molecule has 106 valence electrons. The number of nitrogens with zero attached hydrogens (tertiary/aromatic N) is 1. The van der Waals surface area contributed by atoms with Crippen molar-refractivity contribution in [1.82, 2.24) is 10.2 Å². The van der Waals surface area contributed by atoms with Crippen molar-refractivity contribution in [2.75, 3.05) is 0 Å². The average Bonchev–Trinajstić information content (AvgIpc) is 2.43. The second-order valence-electron chi connectivity index (χ2n) is 5.73. The van der Waals surface area contributed by atoms with E-state index >= 15 is 0 Å². The molecule has 4 atom stereocenters. The van der Waals surface area contributed by atoms with Crippen LogP contribution >= 0.6 is 0 Å². The average molecular weight is 264 g/mol. The molecular weight excluding hydrogens is 240 g/mol. The first-order valence-electron chi connectivity index (χ1n) is 7.33. The highest BCUT2D eigenvalue weighted by Gasteiger charge is 2.42. The van der Waals surface area contributed by atoms with Gasteiger partial charge in [-0.05, 0) is 32.1 Å². The lowest BCUT2D eigenvalue weighted by Crippen LogP contribution is -2.66. The summed E-state index contributed by atoms with van der Waals surface area (Å²) in [4.78, 5) is 26.6. The molecule has 1 aliphatic heterocycles. The molecule has 0 radical (unpaired) electrons. The van der Waals surface area contributed by atoms with Crippen LogP contribution in [0.2, 0.25) is 0 Å². The minimum atomic E-state index is -0.348. The Balaban J connectivity index is 2.20. The van der Waals surface area contributed by atoms with Crippen molar-refractivity contribution >= 4 is 11.8 Å². The summed E-state index contributed by atoms with van der Waals surface area (Å²) < 4.78 is 0. The third-order valence-electron chi connectivity index (χ3n) is 4.46. The zero-order valence-corrected chi connectivity index (χ0v) is 12.1. The summed E-state index contributed by atoms with van der Waals surface area (Å²) in [6.07, 6.45) is 8.00. The Labute approximate surface area is 115 Å². The zero-order chi connectivity index (χ0) is 14.0. The van der Waals surface area contributed by atoms with Crippen LogP contribution in [0, 0.1) is 5.92 Å². The van der Waals surface area contributed by atoms with E-state index in [0.717, 1.165) is 25.7 Å². The van der Waals surface area contributed by atoms with Crippen molar-refractivity contribution in [3.63, 3.8) is 0 Å². The molecule has 1 heterocycles. The van der Waals surface area contributed by atoms with Crippen LogP contribution in [0.4, 0.5) is 0 Å². The Hall–Kier alpha value is -1.32. The summed E-state index contributed by atoms with van der Waals surface area (Å²) in [6, 6.07) is -0.506. The van der Waals surface area contributed by atoms with Crippen LogP contribution in [-0.4, -0.2) is 34.8 Å². The van der Waals surface area contributed by atoms with Crippen LogP contribution in [0.15, 0.2) is 12.2 Å². The highest BCUT2D eigenvalue weighted by atomic mass is 16.2. The van der Waals surface area contributed by atoms with Gasteiger partial charge in [0.25, 0.3) is 0 Å². The quantitative estimate of drug-likeness (QED) is 0.791. The van der Waals surface area contributed by atoms with Gasteiger partial charge in [-0.15, -0.1) is 0 Å². The molecule has 0 aromatic carbocycles. The molecule has 1 saturated heterocycles. The summed E-state index contributed by atoms with van der Waals surface area (Å²) in [5, 5.41) is 2.89. The molecule has 2 aliphatic rings. The fourth-order valence-electron chi connectivity index (χ4n) is 2.96. The van der Waals surface area contributed by atoms with E-state index in [1.54, 1.807) is 0 Å². The third kappa shape index (κ3) is 2.67. The Kier molecular flexibility index (Phi) is 4.27. The van der Waals surface area contributed by atoms with Crippen molar-refractivity contribution in [1.29, 1.82) is 0 Å². The van der Waals surface area contributed by atoms with Gasteiger partial charge < -0.3 is 10.2 Å². The first kappa shape index (κ1) is 14.1. The predicted octanol–water partition coefficient (Wildman–Crippen LogP) is 1.86. The number of piperazine rings is 1. The first-order chi connectivity index (χ1) is 9.06. The van der Waals surface area contributed by atoms with Gasteiger partial charge in [-0.25, -0.2) is 0 Å². The number of amides is 2. The second kappa shape index (κ2) is 5.76. The van der Waals surface area contributed by atoms with Crippen molar-refractivity contribution in [2.24, 2.45) is 5.92 Å². The maximum absolute atomic E-state index is 12.7. The highest BCUT2D eigenvalue weighted by molar-refractivity contribution is 5.97. The maximum atomic E-state index is 12.7. The van der Waals surface area contributed by atoms with E-state index in [2.05, 4.69) is 24.4 Å². The molecule has 0 bridgehead atoms. The summed E-state index contributed by atoms with van der Waals surface area (Å²) in [5.41, 5.74) is 0. The number of nitrogens with one attached hydrogen (secondary N) is 1. The van der Waals surface area contributed by atoms with Gasteiger partial charge in [0.05, 0.1) is 0 Å². The number of rotatable bonds is 3. The molecule has 0 aromatic rings. The Morgan fingerprint density at radius 2 is 2.16 bits per heavy atom. The number of carbonyl (C=O) groups is 2. The first-order valence-corrected chi connectivity index (χ1v) is 7.33. The Morgan fingerprint density at radius 1 is 1.42 bits per heavy atom. The van der Waals surface area contributed by atoms with Gasteiger partial charge in [-0.3, -0.25) is 9.59 Å². The minimum Gasteiger partial charge on any atom is -0.342 e. The van der Waals surface area contributed by atoms with E-state index in [9.17, 15) is 9.59 Å². The molecule has 2 rings (SSSR count). The standard InChI is InChI=1S/C15H24N2O2/c1-4-10(2)13-15(19)17(11(3)14(18)16-13)12-8-6-5-7-9-12/h5-6,10-13H,4,7-9H2,1-3H3,(H,16,18). The van der Waals surface area contributed by atoms with E-state index in [4.69, 9.17) is 0 Å². The Bertz CT molecular complexity index is 392. The fraction of sp³-hybridized carbons (Fsp3) is 0.733. The molecule has 0 saturated carbocycles. The molecule has 1 aliphatic carbocycles. The maximum Gasteiger partial charge on any atom is 0.246 e. The monoisotopic (exact) mass is 264 g/mol.